The van der Waals surface area contributed by atoms with Gasteiger partial charge in [-0.05, 0) is 68.1 Å². The maximum Gasteiger partial charge on any atom is 0.222 e. The maximum absolute atomic E-state index is 12.8. The summed E-state index contributed by atoms with van der Waals surface area (Å²) in [6, 6.07) is 6.05. The number of amides is 1. The van der Waals surface area contributed by atoms with Crippen LogP contribution in [0.2, 0.25) is 0 Å². The van der Waals surface area contributed by atoms with Crippen LogP contribution in [0.15, 0.2) is 18.2 Å². The highest BCUT2D eigenvalue weighted by Gasteiger charge is 2.34. The van der Waals surface area contributed by atoms with E-state index in [-0.39, 0.29) is 11.8 Å². The molecule has 1 amide bonds. The minimum atomic E-state index is 0.220. The zero-order valence-electron chi connectivity index (χ0n) is 16.9. The van der Waals surface area contributed by atoms with E-state index < -0.39 is 0 Å². The number of ether oxygens (including phenoxy) is 3. The van der Waals surface area contributed by atoms with Crippen LogP contribution in [0.25, 0.3) is 0 Å². The Morgan fingerprint density at radius 2 is 1.96 bits per heavy atom. The largest absolute Gasteiger partial charge is 0.493 e. The van der Waals surface area contributed by atoms with E-state index in [2.05, 4.69) is 6.07 Å². The van der Waals surface area contributed by atoms with Gasteiger partial charge in [0, 0.05) is 26.6 Å². The maximum atomic E-state index is 12.8. The normalized spacial score (nSPS) is 20.8. The predicted molar refractivity (Wildman–Crippen MR) is 105 cm³/mol. The summed E-state index contributed by atoms with van der Waals surface area (Å²) in [5, 5.41) is 0. The van der Waals surface area contributed by atoms with Gasteiger partial charge >= 0.3 is 0 Å². The molecule has 1 saturated heterocycles. The molecule has 5 heteroatoms. The number of carbonyl (C=O) groups excluding carboxylic acids is 1. The Bertz CT molecular complexity index is 623. The Hall–Kier alpha value is -1.75. The van der Waals surface area contributed by atoms with Crippen molar-refractivity contribution in [3.8, 4) is 11.5 Å². The minimum Gasteiger partial charge on any atom is -0.493 e. The van der Waals surface area contributed by atoms with E-state index in [4.69, 9.17) is 14.2 Å². The van der Waals surface area contributed by atoms with Crippen molar-refractivity contribution >= 4 is 5.91 Å². The van der Waals surface area contributed by atoms with Crippen LogP contribution in [0.3, 0.4) is 0 Å². The van der Waals surface area contributed by atoms with Crippen molar-refractivity contribution in [2.45, 2.75) is 57.0 Å². The van der Waals surface area contributed by atoms with Crippen molar-refractivity contribution in [1.82, 2.24) is 4.90 Å². The molecular formula is C22H33NO4. The van der Waals surface area contributed by atoms with Crippen molar-refractivity contribution in [3.05, 3.63) is 23.8 Å². The Labute approximate surface area is 163 Å². The SMILES string of the molecule is COc1ccc(C(CC(=O)N(C)CCC2CCCCO2)C2CC2)cc1OC. The van der Waals surface area contributed by atoms with Gasteiger partial charge in [-0.3, -0.25) is 4.79 Å². The lowest BCUT2D eigenvalue weighted by atomic mass is 9.90. The zero-order valence-corrected chi connectivity index (χ0v) is 16.9. The second-order valence-corrected chi connectivity index (χ2v) is 7.86. The van der Waals surface area contributed by atoms with Gasteiger partial charge in [0.15, 0.2) is 11.5 Å². The number of carbonyl (C=O) groups is 1. The van der Waals surface area contributed by atoms with Crippen LogP contribution < -0.4 is 9.47 Å². The molecule has 0 N–H and O–H groups in total. The molecule has 1 aromatic rings. The van der Waals surface area contributed by atoms with Gasteiger partial charge in [-0.2, -0.15) is 0 Å². The fourth-order valence-electron chi connectivity index (χ4n) is 3.98. The lowest BCUT2D eigenvalue weighted by Crippen LogP contribution is -2.32. The average Bonchev–Trinajstić information content (AvgIpc) is 3.55. The van der Waals surface area contributed by atoms with Gasteiger partial charge in [-0.15, -0.1) is 0 Å². The molecule has 2 aliphatic rings. The fourth-order valence-corrected chi connectivity index (χ4v) is 3.98. The molecule has 2 unspecified atom stereocenters. The molecule has 3 rings (SSSR count). The molecule has 1 aliphatic carbocycles. The van der Waals surface area contributed by atoms with Gasteiger partial charge in [-0.1, -0.05) is 6.07 Å². The van der Waals surface area contributed by atoms with Gasteiger partial charge in [0.1, 0.15) is 0 Å². The first-order valence-electron chi connectivity index (χ1n) is 10.2. The summed E-state index contributed by atoms with van der Waals surface area (Å²) in [6.07, 6.45) is 7.75. The third kappa shape index (κ3) is 5.38. The molecule has 2 atom stereocenters. The van der Waals surface area contributed by atoms with Crippen LogP contribution in [0.1, 0.15) is 56.4 Å². The Kier molecular flexibility index (Phi) is 7.00. The van der Waals surface area contributed by atoms with Crippen LogP contribution >= 0.6 is 0 Å². The highest BCUT2D eigenvalue weighted by Crippen LogP contribution is 2.46. The molecule has 5 nitrogen and oxygen atoms in total. The predicted octanol–water partition coefficient (Wildman–Crippen LogP) is 4.01. The zero-order chi connectivity index (χ0) is 19.2. The lowest BCUT2D eigenvalue weighted by molar-refractivity contribution is -0.130. The van der Waals surface area contributed by atoms with Crippen LogP contribution in [0, 0.1) is 5.92 Å². The molecule has 150 valence electrons. The number of rotatable bonds is 9. The smallest absolute Gasteiger partial charge is 0.222 e. The average molecular weight is 376 g/mol. The summed E-state index contributed by atoms with van der Waals surface area (Å²) in [7, 11) is 5.22. The standard InChI is InChI=1S/C22H33NO4/c1-23(12-11-18-6-4-5-13-27-18)22(24)15-19(16-7-8-16)17-9-10-20(25-2)21(14-17)26-3/h9-10,14,16,18-19H,4-8,11-13,15H2,1-3H3. The van der Waals surface area contributed by atoms with Gasteiger partial charge in [0.05, 0.1) is 20.3 Å². The van der Waals surface area contributed by atoms with Gasteiger partial charge in [0.25, 0.3) is 0 Å². The molecule has 1 aromatic carbocycles. The molecule has 0 bridgehead atoms. The Morgan fingerprint density at radius 1 is 1.19 bits per heavy atom. The first-order chi connectivity index (χ1) is 13.1. The molecule has 0 radical (unpaired) electrons. The van der Waals surface area contributed by atoms with Crippen molar-refractivity contribution in [3.63, 3.8) is 0 Å². The second kappa shape index (κ2) is 9.45. The number of methoxy groups -OCH3 is 2. The second-order valence-electron chi connectivity index (χ2n) is 7.86. The van der Waals surface area contributed by atoms with E-state index in [0.29, 0.717) is 18.4 Å². The lowest BCUT2D eigenvalue weighted by Gasteiger charge is -2.26. The summed E-state index contributed by atoms with van der Waals surface area (Å²) >= 11 is 0. The third-order valence-corrected chi connectivity index (χ3v) is 5.91. The summed E-state index contributed by atoms with van der Waals surface area (Å²) in [5.41, 5.74) is 1.17. The number of hydrogen-bond acceptors (Lipinski definition) is 4. The summed E-state index contributed by atoms with van der Waals surface area (Å²) in [6.45, 7) is 1.64. The molecule has 1 heterocycles. The van der Waals surface area contributed by atoms with Gasteiger partial charge in [0.2, 0.25) is 5.91 Å². The minimum absolute atomic E-state index is 0.220. The quantitative estimate of drug-likeness (QED) is 0.654. The molecule has 0 aromatic heterocycles. The molecular weight excluding hydrogens is 342 g/mol. The highest BCUT2D eigenvalue weighted by molar-refractivity contribution is 5.77. The van der Waals surface area contributed by atoms with Crippen molar-refractivity contribution < 1.29 is 19.0 Å². The number of hydrogen-bond donors (Lipinski definition) is 0. The summed E-state index contributed by atoms with van der Waals surface area (Å²) < 4.78 is 16.6. The molecule has 1 saturated carbocycles. The molecule has 27 heavy (non-hydrogen) atoms. The topological polar surface area (TPSA) is 48.0 Å². The summed E-state index contributed by atoms with van der Waals surface area (Å²) in [4.78, 5) is 14.7. The van der Waals surface area contributed by atoms with E-state index in [0.717, 1.165) is 37.5 Å². The molecule has 1 aliphatic heterocycles. The van der Waals surface area contributed by atoms with Crippen LogP contribution in [0.5, 0.6) is 11.5 Å². The number of benzene rings is 1. The molecule has 2 fully saturated rings. The third-order valence-electron chi connectivity index (χ3n) is 5.91. The molecule has 0 spiro atoms. The Balaban J connectivity index is 1.59. The highest BCUT2D eigenvalue weighted by atomic mass is 16.5. The van der Waals surface area contributed by atoms with E-state index in [1.165, 1.54) is 31.2 Å². The van der Waals surface area contributed by atoms with Crippen LogP contribution in [-0.4, -0.2) is 51.3 Å². The Morgan fingerprint density at radius 3 is 2.59 bits per heavy atom. The first-order valence-corrected chi connectivity index (χ1v) is 10.2. The van der Waals surface area contributed by atoms with Crippen molar-refractivity contribution in [2.24, 2.45) is 5.92 Å². The van der Waals surface area contributed by atoms with Gasteiger partial charge < -0.3 is 19.1 Å². The first kappa shape index (κ1) is 20.0. The summed E-state index contributed by atoms with van der Waals surface area (Å²) in [5.74, 6) is 2.54. The van der Waals surface area contributed by atoms with E-state index in [1.807, 2.05) is 24.1 Å². The van der Waals surface area contributed by atoms with E-state index in [9.17, 15) is 4.79 Å². The van der Waals surface area contributed by atoms with Crippen molar-refractivity contribution in [1.29, 1.82) is 0 Å². The fraction of sp³-hybridized carbons (Fsp3) is 0.682. The van der Waals surface area contributed by atoms with E-state index >= 15 is 0 Å². The van der Waals surface area contributed by atoms with Gasteiger partial charge in [-0.25, -0.2) is 0 Å². The monoisotopic (exact) mass is 375 g/mol. The van der Waals surface area contributed by atoms with Crippen molar-refractivity contribution in [2.75, 3.05) is 34.4 Å². The van der Waals surface area contributed by atoms with Crippen LogP contribution in [0.4, 0.5) is 0 Å². The van der Waals surface area contributed by atoms with Crippen LogP contribution in [-0.2, 0) is 9.53 Å². The van der Waals surface area contributed by atoms with E-state index in [1.54, 1.807) is 14.2 Å². The number of nitrogens with zero attached hydrogens (tertiary/aromatic N) is 1.